The first kappa shape index (κ1) is 18.5. The highest BCUT2D eigenvalue weighted by molar-refractivity contribution is 7.86. The second kappa shape index (κ2) is 7.27. The van der Waals surface area contributed by atoms with Gasteiger partial charge in [-0.15, -0.1) is 0 Å². The Morgan fingerprint density at radius 1 is 1.00 bits per heavy atom. The summed E-state index contributed by atoms with van der Waals surface area (Å²) in [4.78, 5) is 30.4. The third kappa shape index (κ3) is 3.38. The lowest BCUT2D eigenvalue weighted by atomic mass is 9.93. The van der Waals surface area contributed by atoms with E-state index >= 15 is 0 Å². The second-order valence-corrected chi connectivity index (χ2v) is 8.83. The molecule has 9 nitrogen and oxygen atoms in total. The molecule has 0 saturated carbocycles. The molecule has 0 radical (unpaired) electrons. The minimum absolute atomic E-state index is 0.276. The Balaban J connectivity index is 1.44. The largest absolute Gasteiger partial charge is 0.379 e. The van der Waals surface area contributed by atoms with Crippen LogP contribution in [0.3, 0.4) is 0 Å². The van der Waals surface area contributed by atoms with Crippen molar-refractivity contribution in [3.05, 3.63) is 24.3 Å². The molecule has 2 fully saturated rings. The van der Waals surface area contributed by atoms with Gasteiger partial charge in [-0.2, -0.15) is 22.0 Å². The van der Waals surface area contributed by atoms with Crippen molar-refractivity contribution < 1.29 is 22.7 Å². The quantitative estimate of drug-likeness (QED) is 0.680. The Kier molecular flexibility index (Phi) is 4.97. The maximum Gasteiger partial charge on any atom is 0.350 e. The van der Waals surface area contributed by atoms with E-state index in [0.717, 1.165) is 0 Å². The molecule has 27 heavy (non-hydrogen) atoms. The number of nitrogens with zero attached hydrogens (tertiary/aromatic N) is 4. The van der Waals surface area contributed by atoms with Crippen molar-refractivity contribution in [2.75, 3.05) is 39.4 Å². The Hall–Kier alpha value is -1.88. The lowest BCUT2D eigenvalue weighted by molar-refractivity contribution is -0.131. The molecule has 1 unspecified atom stereocenters. The van der Waals surface area contributed by atoms with Gasteiger partial charge in [-0.1, -0.05) is 18.2 Å². The first-order chi connectivity index (χ1) is 13.0. The lowest BCUT2D eigenvalue weighted by Gasteiger charge is -2.40. The zero-order chi connectivity index (χ0) is 19.0. The van der Waals surface area contributed by atoms with Gasteiger partial charge in [0.1, 0.15) is 0 Å². The molecule has 1 atom stereocenters. The topological polar surface area (TPSA) is 99.6 Å². The Bertz CT molecular complexity index is 820. The number of amides is 3. The summed E-state index contributed by atoms with van der Waals surface area (Å²) in [5.41, 5.74) is 0.469. The average molecular weight is 394 g/mol. The minimum atomic E-state index is -3.53. The molecule has 4 rings (SSSR count). The number of morpholine rings is 1. The predicted octanol–water partition coefficient (Wildman–Crippen LogP) is 0.173. The van der Waals surface area contributed by atoms with Crippen molar-refractivity contribution in [3.8, 4) is 0 Å². The molecular weight excluding hydrogens is 372 g/mol. The number of ether oxygens (including phenoxy) is 1. The van der Waals surface area contributed by atoms with Crippen LogP contribution in [0.2, 0.25) is 0 Å². The van der Waals surface area contributed by atoms with E-state index in [-0.39, 0.29) is 25.0 Å². The van der Waals surface area contributed by atoms with Gasteiger partial charge in [0, 0.05) is 32.2 Å². The molecule has 4 aliphatic rings. The van der Waals surface area contributed by atoms with Crippen LogP contribution in [0.15, 0.2) is 29.3 Å². The number of rotatable bonds is 3. The van der Waals surface area contributed by atoms with Crippen molar-refractivity contribution in [2.45, 2.75) is 18.9 Å². The molecule has 0 N–H and O–H groups in total. The highest BCUT2D eigenvalue weighted by atomic mass is 32.2. The lowest BCUT2D eigenvalue weighted by Crippen LogP contribution is -2.56. The zero-order valence-corrected chi connectivity index (χ0v) is 15.7. The number of piperidine rings is 1. The highest BCUT2D eigenvalue weighted by Gasteiger charge is 2.42. The van der Waals surface area contributed by atoms with Crippen LogP contribution in [0, 0.1) is 5.92 Å². The van der Waals surface area contributed by atoms with Gasteiger partial charge in [0.2, 0.25) is 5.91 Å². The number of carbonyl (C=O) groups is 2. The number of urea groups is 1. The Morgan fingerprint density at radius 2 is 1.67 bits per heavy atom. The Labute approximate surface area is 158 Å². The summed E-state index contributed by atoms with van der Waals surface area (Å²) in [5.74, 6) is -0.803. The number of aliphatic imine (C=N–C) groups is 1. The Morgan fingerprint density at radius 3 is 2.37 bits per heavy atom. The van der Waals surface area contributed by atoms with Crippen LogP contribution in [0.25, 0.3) is 0 Å². The van der Waals surface area contributed by atoms with Gasteiger partial charge in [0.15, 0.2) is 0 Å². The van der Waals surface area contributed by atoms with Crippen LogP contribution in [-0.2, 0) is 19.7 Å². The van der Waals surface area contributed by atoms with Gasteiger partial charge in [0.25, 0.3) is 10.2 Å². The number of allylic oxidation sites excluding steroid dienone is 3. The number of imide groups is 1. The third-order valence-corrected chi connectivity index (χ3v) is 7.38. The van der Waals surface area contributed by atoms with E-state index in [4.69, 9.17) is 4.74 Å². The zero-order valence-electron chi connectivity index (χ0n) is 14.9. The molecule has 0 spiro atoms. The van der Waals surface area contributed by atoms with Gasteiger partial charge in [-0.25, -0.2) is 4.79 Å². The molecular formula is C17H22N4O5S. The van der Waals surface area contributed by atoms with Crippen molar-refractivity contribution in [1.82, 2.24) is 13.5 Å². The smallest absolute Gasteiger partial charge is 0.350 e. The van der Waals surface area contributed by atoms with E-state index in [2.05, 4.69) is 4.99 Å². The first-order valence-corrected chi connectivity index (χ1v) is 10.5. The first-order valence-electron chi connectivity index (χ1n) is 9.12. The van der Waals surface area contributed by atoms with Gasteiger partial charge in [-0.05, 0) is 18.9 Å². The maximum absolute atomic E-state index is 12.8. The van der Waals surface area contributed by atoms with E-state index in [0.29, 0.717) is 44.9 Å². The van der Waals surface area contributed by atoms with E-state index in [1.165, 1.54) is 13.5 Å². The van der Waals surface area contributed by atoms with Crippen molar-refractivity contribution in [1.29, 1.82) is 0 Å². The molecule has 2 saturated heterocycles. The number of hydrogen-bond acceptors (Lipinski definition) is 5. The summed E-state index contributed by atoms with van der Waals surface area (Å²) in [7, 11) is -3.53. The fourth-order valence-corrected chi connectivity index (χ4v) is 5.47. The monoisotopic (exact) mass is 394 g/mol. The van der Waals surface area contributed by atoms with Crippen LogP contribution in [0.1, 0.15) is 12.8 Å². The molecule has 0 bridgehead atoms. The van der Waals surface area contributed by atoms with Gasteiger partial charge in [-0.3, -0.25) is 9.69 Å². The van der Waals surface area contributed by atoms with E-state index in [1.807, 2.05) is 0 Å². The van der Waals surface area contributed by atoms with E-state index in [9.17, 15) is 18.0 Å². The van der Waals surface area contributed by atoms with Crippen LogP contribution in [0.5, 0.6) is 0 Å². The second-order valence-electron chi connectivity index (χ2n) is 6.90. The fourth-order valence-electron chi connectivity index (χ4n) is 3.86. The summed E-state index contributed by atoms with van der Waals surface area (Å²) < 4.78 is 33.6. The number of hydrogen-bond donors (Lipinski definition) is 0. The van der Waals surface area contributed by atoms with Crippen LogP contribution in [-0.4, -0.2) is 85.0 Å². The SMILES string of the molecule is O=C1N=C2C=CC=CC2C(=O)N1C1CCN(S(=O)(=O)N2CCOCC2)CC1. The number of carbonyl (C=O) groups excluding carboxylic acids is 2. The van der Waals surface area contributed by atoms with E-state index < -0.39 is 22.2 Å². The van der Waals surface area contributed by atoms with Gasteiger partial charge >= 0.3 is 6.03 Å². The minimum Gasteiger partial charge on any atom is -0.379 e. The molecule has 10 heteroatoms. The van der Waals surface area contributed by atoms with Crippen molar-refractivity contribution in [2.24, 2.45) is 10.9 Å². The van der Waals surface area contributed by atoms with Gasteiger partial charge < -0.3 is 4.74 Å². The highest BCUT2D eigenvalue weighted by Crippen LogP contribution is 2.27. The summed E-state index contributed by atoms with van der Waals surface area (Å²) in [6.45, 7) is 2.05. The fraction of sp³-hybridized carbons (Fsp3) is 0.588. The van der Waals surface area contributed by atoms with Crippen LogP contribution >= 0.6 is 0 Å². The molecule has 3 heterocycles. The summed E-state index contributed by atoms with van der Waals surface area (Å²) in [6.07, 6.45) is 7.76. The van der Waals surface area contributed by atoms with Crippen molar-refractivity contribution >= 4 is 27.9 Å². The molecule has 0 aromatic heterocycles. The maximum atomic E-state index is 12.8. The average Bonchev–Trinajstić information content (AvgIpc) is 2.69. The van der Waals surface area contributed by atoms with Gasteiger partial charge in [0.05, 0.1) is 24.8 Å². The molecule has 0 aromatic rings. The molecule has 146 valence electrons. The van der Waals surface area contributed by atoms with E-state index in [1.54, 1.807) is 24.3 Å². The molecule has 3 aliphatic heterocycles. The van der Waals surface area contributed by atoms with Crippen molar-refractivity contribution in [3.63, 3.8) is 0 Å². The third-order valence-electron chi connectivity index (χ3n) is 5.35. The molecule has 1 aliphatic carbocycles. The summed E-state index contributed by atoms with van der Waals surface area (Å²) in [6, 6.07) is -0.883. The molecule has 0 aromatic carbocycles. The normalized spacial score (nSPS) is 28.4. The van der Waals surface area contributed by atoms with Crippen LogP contribution < -0.4 is 0 Å². The predicted molar refractivity (Wildman–Crippen MR) is 97.4 cm³/mol. The standard InChI is InChI=1S/C17H22N4O5S/c22-16-14-3-1-2-4-15(14)18-17(23)21(16)13-5-7-19(8-6-13)27(24,25)20-9-11-26-12-10-20/h1-4,13-14H,5-12H2. The summed E-state index contributed by atoms with van der Waals surface area (Å²) in [5, 5.41) is 0. The van der Waals surface area contributed by atoms with Crippen LogP contribution in [0.4, 0.5) is 4.79 Å². The number of fused-ring (bicyclic) bond motifs is 1. The molecule has 3 amide bonds. The summed E-state index contributed by atoms with van der Waals surface area (Å²) >= 11 is 0.